The Balaban J connectivity index is 1.18. The average Bonchev–Trinajstić information content (AvgIpc) is 3.97. The van der Waals surface area contributed by atoms with E-state index in [1.165, 1.54) is 21.6 Å². The van der Waals surface area contributed by atoms with Crippen molar-refractivity contribution in [3.8, 4) is 5.75 Å². The predicted octanol–water partition coefficient (Wildman–Crippen LogP) is 1.33. The summed E-state index contributed by atoms with van der Waals surface area (Å²) in [5.74, 6) is -5.80. The zero-order chi connectivity index (χ0) is 42.0. The Kier molecular flexibility index (Phi) is 12.5. The molecule has 2 aromatic carbocycles. The molecule has 0 saturated carbocycles. The van der Waals surface area contributed by atoms with E-state index < -0.39 is 95.9 Å². The summed E-state index contributed by atoms with van der Waals surface area (Å²) in [5, 5.41) is 8.03. The van der Waals surface area contributed by atoms with Crippen LogP contribution in [0.2, 0.25) is 0 Å². The van der Waals surface area contributed by atoms with Crippen LogP contribution in [0.5, 0.6) is 5.75 Å². The molecule has 15 nitrogen and oxygen atoms in total. The van der Waals surface area contributed by atoms with Gasteiger partial charge in [-0.3, -0.25) is 28.8 Å². The van der Waals surface area contributed by atoms with E-state index >= 15 is 0 Å². The van der Waals surface area contributed by atoms with Crippen LogP contribution >= 0.6 is 0 Å². The van der Waals surface area contributed by atoms with E-state index in [0.717, 1.165) is 24.1 Å². The summed E-state index contributed by atoms with van der Waals surface area (Å²) in [6, 6.07) is 1.11. The van der Waals surface area contributed by atoms with E-state index in [9.17, 15) is 42.3 Å². The van der Waals surface area contributed by atoms with Gasteiger partial charge in [-0.05, 0) is 86.3 Å². The number of cyclic esters (lactones) is 1. The molecule has 6 amide bonds. The van der Waals surface area contributed by atoms with Gasteiger partial charge in [0.25, 0.3) is 0 Å². The van der Waals surface area contributed by atoms with Crippen molar-refractivity contribution in [3.63, 3.8) is 0 Å². The Morgan fingerprint density at radius 1 is 0.831 bits per heavy atom. The summed E-state index contributed by atoms with van der Waals surface area (Å²) in [7, 11) is 0. The van der Waals surface area contributed by atoms with Crippen LogP contribution in [0.15, 0.2) is 36.4 Å². The molecule has 3 unspecified atom stereocenters. The molecule has 7 rings (SSSR count). The van der Waals surface area contributed by atoms with Crippen molar-refractivity contribution in [2.24, 2.45) is 5.92 Å². The number of hydrogen-bond acceptors (Lipinski definition) is 9. The van der Waals surface area contributed by atoms with Gasteiger partial charge < -0.3 is 40.1 Å². The van der Waals surface area contributed by atoms with Crippen LogP contribution < -0.4 is 20.7 Å². The monoisotopic (exact) mass is 820 g/mol. The van der Waals surface area contributed by atoms with Crippen LogP contribution in [0, 0.1) is 17.6 Å². The number of hydrogen-bond donors (Lipinski definition) is 3. The predicted molar refractivity (Wildman–Crippen MR) is 205 cm³/mol. The van der Waals surface area contributed by atoms with Crippen LogP contribution in [0.25, 0.3) is 0 Å². The number of halogens is 2. The molecule has 4 fully saturated rings. The van der Waals surface area contributed by atoms with Crippen molar-refractivity contribution in [3.05, 3.63) is 64.7 Å². The molecule has 0 bridgehead atoms. The number of esters is 1. The Hall–Kier alpha value is -5.61. The maximum Gasteiger partial charge on any atom is 0.328 e. The SMILES string of the molecule is C[C@H]1CC2C(=O)OC[C@H](NC(=O)[C@H](Cc3cc(F)cc(F)c3)NC(=O)Cc3ccc4c(c3)OCC4)C(=O)N3CCCC3C(=O)N3CCCCC3C(=O)N[C@@H](C)C(=O)N2C1. The standard InChI is InChI=1S/C42H50F2N6O9/c1-23-14-34-42(57)59-22-31(40(55)49-12-5-7-33(49)41(56)48-11-4-3-6-32(48)38(53)45-24(2)39(54)50(34)21-23)47-37(52)30(17-26-15-28(43)20-29(44)16-26)46-36(51)19-25-8-9-27-10-13-58-35(27)18-25/h8-9,15-16,18,20,23-24,30-34H,3-7,10-14,17,19,21-22H2,1-2H3,(H,45,53)(H,46,51)(H,47,52)/t23-,24-,30-,31-,32?,33?,34?/m0/s1. The van der Waals surface area contributed by atoms with E-state index in [1.807, 2.05) is 13.0 Å². The number of rotatable bonds is 7. The molecule has 0 aromatic heterocycles. The Bertz CT molecular complexity index is 2000. The normalized spacial score (nSPS) is 26.8. The third kappa shape index (κ3) is 9.33. The molecule has 3 N–H and O–H groups in total. The largest absolute Gasteiger partial charge is 0.493 e. The molecule has 0 radical (unpaired) electrons. The van der Waals surface area contributed by atoms with Gasteiger partial charge >= 0.3 is 5.97 Å². The van der Waals surface area contributed by atoms with E-state index in [-0.39, 0.29) is 56.8 Å². The van der Waals surface area contributed by atoms with Crippen LogP contribution in [0.3, 0.4) is 0 Å². The highest BCUT2D eigenvalue weighted by Gasteiger charge is 2.46. The van der Waals surface area contributed by atoms with Crippen molar-refractivity contribution in [2.75, 3.05) is 32.8 Å². The van der Waals surface area contributed by atoms with Gasteiger partial charge in [0.1, 0.15) is 60.2 Å². The zero-order valence-corrected chi connectivity index (χ0v) is 33.2. The van der Waals surface area contributed by atoms with Crippen molar-refractivity contribution >= 4 is 41.4 Å². The topological polar surface area (TPSA) is 184 Å². The lowest BCUT2D eigenvalue weighted by molar-refractivity contribution is -0.158. The number of fused-ring (bicyclic) bond motifs is 4. The first-order chi connectivity index (χ1) is 28.2. The molecule has 0 aliphatic carbocycles. The Morgan fingerprint density at radius 3 is 2.34 bits per heavy atom. The number of ether oxygens (including phenoxy) is 2. The fraction of sp³-hybridized carbons (Fsp3) is 0.548. The van der Waals surface area contributed by atoms with Crippen LogP contribution in [0.4, 0.5) is 8.78 Å². The summed E-state index contributed by atoms with van der Waals surface area (Å²) in [5.41, 5.74) is 1.64. The van der Waals surface area contributed by atoms with E-state index in [2.05, 4.69) is 16.0 Å². The van der Waals surface area contributed by atoms with Crippen molar-refractivity contribution in [1.29, 1.82) is 0 Å². The number of carbonyl (C=O) groups excluding carboxylic acids is 7. The second-order valence-corrected chi connectivity index (χ2v) is 16.3. The van der Waals surface area contributed by atoms with Gasteiger partial charge in [0.05, 0.1) is 13.0 Å². The van der Waals surface area contributed by atoms with Gasteiger partial charge in [-0.15, -0.1) is 0 Å². The summed E-state index contributed by atoms with van der Waals surface area (Å²) >= 11 is 0. The first-order valence-corrected chi connectivity index (χ1v) is 20.4. The van der Waals surface area contributed by atoms with Crippen molar-refractivity contribution in [2.45, 2.75) is 108 Å². The first-order valence-electron chi connectivity index (χ1n) is 20.4. The maximum atomic E-state index is 14.5. The molecule has 0 spiro atoms. The minimum atomic E-state index is -1.58. The number of nitrogens with zero attached hydrogens (tertiary/aromatic N) is 3. The lowest BCUT2D eigenvalue weighted by Gasteiger charge is -2.39. The van der Waals surface area contributed by atoms with Crippen LogP contribution in [0.1, 0.15) is 69.1 Å². The van der Waals surface area contributed by atoms with Gasteiger partial charge in [0, 0.05) is 38.5 Å². The molecule has 2 aromatic rings. The Morgan fingerprint density at radius 2 is 1.56 bits per heavy atom. The van der Waals surface area contributed by atoms with Crippen LogP contribution in [-0.2, 0) is 57.6 Å². The average molecular weight is 821 g/mol. The highest BCUT2D eigenvalue weighted by atomic mass is 19.1. The van der Waals surface area contributed by atoms with E-state index in [0.29, 0.717) is 49.7 Å². The molecule has 7 atom stereocenters. The molecule has 5 heterocycles. The van der Waals surface area contributed by atoms with Gasteiger partial charge in [-0.25, -0.2) is 13.6 Å². The molecular formula is C42H50F2N6O9. The molecule has 5 aliphatic heterocycles. The number of piperidine rings is 1. The van der Waals surface area contributed by atoms with Crippen LogP contribution in [-0.4, -0.2) is 125 Å². The summed E-state index contributed by atoms with van der Waals surface area (Å²) in [6.45, 7) is 3.83. The quantitative estimate of drug-likeness (QED) is 0.347. The summed E-state index contributed by atoms with van der Waals surface area (Å²) in [6.07, 6.45) is 2.82. The third-order valence-corrected chi connectivity index (χ3v) is 11.8. The minimum absolute atomic E-state index is 0.0456. The van der Waals surface area contributed by atoms with Gasteiger partial charge in [0.15, 0.2) is 0 Å². The lowest BCUT2D eigenvalue weighted by Crippen LogP contribution is -2.62. The van der Waals surface area contributed by atoms with Crippen molar-refractivity contribution < 1.29 is 51.8 Å². The third-order valence-electron chi connectivity index (χ3n) is 11.8. The number of benzene rings is 2. The van der Waals surface area contributed by atoms with E-state index in [1.54, 1.807) is 12.1 Å². The smallest absolute Gasteiger partial charge is 0.328 e. The fourth-order valence-electron chi connectivity index (χ4n) is 8.91. The first kappa shape index (κ1) is 41.5. The molecular weight excluding hydrogens is 770 g/mol. The number of carbonyl (C=O) groups is 7. The number of nitrogens with one attached hydrogen (secondary N) is 3. The van der Waals surface area contributed by atoms with Gasteiger partial charge in [0.2, 0.25) is 35.4 Å². The highest BCUT2D eigenvalue weighted by Crippen LogP contribution is 2.29. The summed E-state index contributed by atoms with van der Waals surface area (Å²) < 4.78 is 40.0. The zero-order valence-electron chi connectivity index (χ0n) is 33.2. The van der Waals surface area contributed by atoms with Gasteiger partial charge in [-0.1, -0.05) is 19.1 Å². The van der Waals surface area contributed by atoms with Crippen molar-refractivity contribution in [1.82, 2.24) is 30.7 Å². The highest BCUT2D eigenvalue weighted by molar-refractivity contribution is 5.98. The number of amides is 6. The van der Waals surface area contributed by atoms with Gasteiger partial charge in [-0.2, -0.15) is 0 Å². The molecule has 59 heavy (non-hydrogen) atoms. The summed E-state index contributed by atoms with van der Waals surface area (Å²) in [4.78, 5) is 102. The Labute approximate surface area is 340 Å². The minimum Gasteiger partial charge on any atom is -0.493 e. The molecule has 5 aliphatic rings. The molecule has 316 valence electrons. The molecule has 4 saturated heterocycles. The maximum absolute atomic E-state index is 14.5. The lowest BCUT2D eigenvalue weighted by atomic mass is 9.99. The van der Waals surface area contributed by atoms with E-state index in [4.69, 9.17) is 9.47 Å². The fourth-order valence-corrected chi connectivity index (χ4v) is 8.91. The molecule has 17 heteroatoms. The second kappa shape index (κ2) is 17.7. The second-order valence-electron chi connectivity index (χ2n) is 16.3.